The normalized spacial score (nSPS) is 10.9. The Balaban J connectivity index is 3.18. The van der Waals surface area contributed by atoms with Crippen LogP contribution in [0.4, 0.5) is 0 Å². The molecule has 0 aromatic heterocycles. The zero-order chi connectivity index (χ0) is 14.6. The summed E-state index contributed by atoms with van der Waals surface area (Å²) in [7, 11) is 1.58. The van der Waals surface area contributed by atoms with E-state index < -0.39 is 0 Å². The van der Waals surface area contributed by atoms with Crippen molar-refractivity contribution in [3.8, 4) is 5.75 Å². The number of benzene rings is 1. The van der Waals surface area contributed by atoms with Crippen LogP contribution < -0.4 is 4.74 Å². The lowest BCUT2D eigenvalue weighted by Gasteiger charge is -2.19. The van der Waals surface area contributed by atoms with Gasteiger partial charge < -0.3 is 4.74 Å². The molecule has 0 spiro atoms. The molecule has 0 amide bonds. The molecule has 0 aliphatic rings. The third-order valence-corrected chi connectivity index (χ3v) is 3.99. The van der Waals surface area contributed by atoms with Crippen molar-refractivity contribution in [2.45, 2.75) is 27.7 Å². The number of rotatable bonds is 6. The van der Waals surface area contributed by atoms with Crippen LogP contribution in [0.3, 0.4) is 0 Å². The number of Topliss-reactive ketones (excluding diaryl/α,β-unsaturated/α-hetero) is 1. The van der Waals surface area contributed by atoms with Gasteiger partial charge >= 0.3 is 0 Å². The topological polar surface area (TPSA) is 29.5 Å². The second-order valence-electron chi connectivity index (χ2n) is 4.59. The maximum absolute atomic E-state index is 12.5. The fourth-order valence-corrected chi connectivity index (χ4v) is 2.31. The summed E-state index contributed by atoms with van der Waals surface area (Å²) in [4.78, 5) is 14.5. The molecule has 1 aromatic rings. The van der Waals surface area contributed by atoms with Crippen molar-refractivity contribution in [1.29, 1.82) is 0 Å². The van der Waals surface area contributed by atoms with Crippen molar-refractivity contribution < 1.29 is 9.53 Å². The van der Waals surface area contributed by atoms with Crippen LogP contribution in [0.1, 0.15) is 35.3 Å². The van der Waals surface area contributed by atoms with E-state index >= 15 is 0 Å². The van der Waals surface area contributed by atoms with Crippen molar-refractivity contribution in [1.82, 2.24) is 4.90 Å². The van der Waals surface area contributed by atoms with Gasteiger partial charge in [-0.3, -0.25) is 9.69 Å². The van der Waals surface area contributed by atoms with Crippen LogP contribution in [0.25, 0.3) is 0 Å². The molecule has 0 N–H and O–H groups in total. The number of nitrogens with zero attached hydrogens (tertiary/aromatic N) is 1. The SMILES string of the molecule is CCN(CC)CC(=O)c1c(OC)cc(C)c(Cl)c1C. The standard InChI is InChI=1S/C15H22ClNO2/c1-6-17(7-2)9-12(18)14-11(4)15(16)10(3)8-13(14)19-5/h8H,6-7,9H2,1-5H3. The number of halogens is 1. The monoisotopic (exact) mass is 283 g/mol. The van der Waals surface area contributed by atoms with Crippen LogP contribution in [-0.2, 0) is 0 Å². The van der Waals surface area contributed by atoms with Crippen molar-refractivity contribution in [2.24, 2.45) is 0 Å². The summed E-state index contributed by atoms with van der Waals surface area (Å²) in [5, 5.41) is 0.642. The van der Waals surface area contributed by atoms with Crippen LogP contribution in [0, 0.1) is 13.8 Å². The number of methoxy groups -OCH3 is 1. The lowest BCUT2D eigenvalue weighted by Crippen LogP contribution is -2.30. The largest absolute Gasteiger partial charge is 0.496 e. The number of likely N-dealkylation sites (N-methyl/N-ethyl adjacent to an activating group) is 1. The molecule has 0 fully saturated rings. The molecule has 0 saturated heterocycles. The predicted octanol–water partition coefficient (Wildman–Crippen LogP) is 3.49. The third-order valence-electron chi connectivity index (χ3n) is 3.40. The Hall–Kier alpha value is -1.06. The number of carbonyl (C=O) groups is 1. The molecule has 0 atom stereocenters. The first-order valence-electron chi connectivity index (χ1n) is 6.55. The zero-order valence-corrected chi connectivity index (χ0v) is 13.1. The number of carbonyl (C=O) groups excluding carboxylic acids is 1. The van der Waals surface area contributed by atoms with Gasteiger partial charge in [0.05, 0.1) is 19.2 Å². The van der Waals surface area contributed by atoms with Crippen molar-refractivity contribution in [2.75, 3.05) is 26.7 Å². The zero-order valence-electron chi connectivity index (χ0n) is 12.3. The highest BCUT2D eigenvalue weighted by molar-refractivity contribution is 6.32. The minimum atomic E-state index is 0.0555. The van der Waals surface area contributed by atoms with Gasteiger partial charge in [-0.25, -0.2) is 0 Å². The molecule has 4 heteroatoms. The molecule has 0 radical (unpaired) electrons. The Bertz CT molecular complexity index is 468. The van der Waals surface area contributed by atoms with Crippen molar-refractivity contribution in [3.05, 3.63) is 27.8 Å². The predicted molar refractivity (Wildman–Crippen MR) is 79.6 cm³/mol. The minimum Gasteiger partial charge on any atom is -0.496 e. The van der Waals surface area contributed by atoms with E-state index in [9.17, 15) is 4.79 Å². The summed E-state index contributed by atoms with van der Waals surface area (Å²) in [6.07, 6.45) is 0. The maximum Gasteiger partial charge on any atom is 0.180 e. The number of hydrogen-bond donors (Lipinski definition) is 0. The number of ketones is 1. The van der Waals surface area contributed by atoms with Crippen LogP contribution in [-0.4, -0.2) is 37.4 Å². The van der Waals surface area contributed by atoms with Crippen molar-refractivity contribution >= 4 is 17.4 Å². The minimum absolute atomic E-state index is 0.0555. The fraction of sp³-hybridized carbons (Fsp3) is 0.533. The van der Waals surface area contributed by atoms with Crippen LogP contribution in [0.2, 0.25) is 5.02 Å². The van der Waals surface area contributed by atoms with Gasteiger partial charge in [-0.05, 0) is 44.1 Å². The fourth-order valence-electron chi connectivity index (χ4n) is 2.16. The van der Waals surface area contributed by atoms with E-state index in [1.54, 1.807) is 7.11 Å². The second-order valence-corrected chi connectivity index (χ2v) is 4.97. The Kier molecular flexibility index (Phi) is 5.83. The average molecular weight is 284 g/mol. The number of aryl methyl sites for hydroxylation is 1. The van der Waals surface area contributed by atoms with Crippen LogP contribution in [0.15, 0.2) is 6.07 Å². The number of ether oxygens (including phenoxy) is 1. The molecular weight excluding hydrogens is 262 g/mol. The second kappa shape index (κ2) is 6.92. The molecule has 1 rings (SSSR count). The summed E-state index contributed by atoms with van der Waals surface area (Å²) in [5.74, 6) is 0.663. The molecule has 1 aromatic carbocycles. The van der Waals surface area contributed by atoms with E-state index in [2.05, 4.69) is 4.90 Å². The molecule has 0 bridgehead atoms. The summed E-state index contributed by atoms with van der Waals surface area (Å²) in [6.45, 7) is 9.96. The van der Waals surface area contributed by atoms with E-state index in [1.165, 1.54) is 0 Å². The smallest absolute Gasteiger partial charge is 0.180 e. The lowest BCUT2D eigenvalue weighted by atomic mass is 10.00. The Labute approximate surface area is 120 Å². The Morgan fingerprint density at radius 3 is 2.37 bits per heavy atom. The summed E-state index contributed by atoms with van der Waals surface area (Å²) >= 11 is 6.24. The molecule has 0 heterocycles. The van der Waals surface area contributed by atoms with Gasteiger partial charge in [0.25, 0.3) is 0 Å². The first-order valence-corrected chi connectivity index (χ1v) is 6.93. The molecule has 0 aliphatic carbocycles. The average Bonchev–Trinajstić information content (AvgIpc) is 2.41. The van der Waals surface area contributed by atoms with E-state index in [0.717, 1.165) is 24.2 Å². The van der Waals surface area contributed by atoms with E-state index in [0.29, 0.717) is 22.9 Å². The molecule has 19 heavy (non-hydrogen) atoms. The molecule has 0 aliphatic heterocycles. The summed E-state index contributed by atoms with van der Waals surface area (Å²) < 4.78 is 5.33. The summed E-state index contributed by atoms with van der Waals surface area (Å²) in [6, 6.07) is 1.82. The quantitative estimate of drug-likeness (QED) is 0.749. The van der Waals surface area contributed by atoms with Gasteiger partial charge in [0.15, 0.2) is 5.78 Å². The highest BCUT2D eigenvalue weighted by atomic mass is 35.5. The highest BCUT2D eigenvalue weighted by Crippen LogP contribution is 2.31. The van der Waals surface area contributed by atoms with E-state index in [-0.39, 0.29) is 5.78 Å². The van der Waals surface area contributed by atoms with Gasteiger partial charge in [-0.15, -0.1) is 0 Å². The lowest BCUT2D eigenvalue weighted by molar-refractivity contribution is 0.0933. The first kappa shape index (κ1) is 16.0. The van der Waals surface area contributed by atoms with Gasteiger partial charge in [-0.1, -0.05) is 25.4 Å². The molecular formula is C15H22ClNO2. The van der Waals surface area contributed by atoms with E-state index in [4.69, 9.17) is 16.3 Å². The van der Waals surface area contributed by atoms with Gasteiger partial charge in [-0.2, -0.15) is 0 Å². The number of hydrogen-bond acceptors (Lipinski definition) is 3. The van der Waals surface area contributed by atoms with Crippen LogP contribution >= 0.6 is 11.6 Å². The van der Waals surface area contributed by atoms with Crippen LogP contribution in [0.5, 0.6) is 5.75 Å². The third kappa shape index (κ3) is 3.48. The molecule has 3 nitrogen and oxygen atoms in total. The first-order chi connectivity index (χ1) is 8.96. The summed E-state index contributed by atoms with van der Waals surface area (Å²) in [5.41, 5.74) is 2.33. The molecule has 0 unspecified atom stereocenters. The van der Waals surface area contributed by atoms with Gasteiger partial charge in [0, 0.05) is 5.02 Å². The van der Waals surface area contributed by atoms with Gasteiger partial charge in [0.2, 0.25) is 0 Å². The highest BCUT2D eigenvalue weighted by Gasteiger charge is 2.20. The molecule has 106 valence electrons. The maximum atomic E-state index is 12.5. The van der Waals surface area contributed by atoms with Crippen molar-refractivity contribution in [3.63, 3.8) is 0 Å². The van der Waals surface area contributed by atoms with Gasteiger partial charge in [0.1, 0.15) is 5.75 Å². The van der Waals surface area contributed by atoms with E-state index in [1.807, 2.05) is 33.8 Å². The Morgan fingerprint density at radius 2 is 1.89 bits per heavy atom. The molecule has 0 saturated carbocycles. The Morgan fingerprint density at radius 1 is 1.32 bits per heavy atom.